The van der Waals surface area contributed by atoms with Crippen LogP contribution in [0.2, 0.25) is 0 Å². The molecule has 0 amide bonds. The quantitative estimate of drug-likeness (QED) is 0.619. The second-order valence-corrected chi connectivity index (χ2v) is 2.12. The maximum absolute atomic E-state index is 5.18. The molecule has 1 fully saturated rings. The zero-order valence-electron chi connectivity index (χ0n) is 8.83. The highest BCUT2D eigenvalue weighted by Crippen LogP contribution is 2.20. The minimum Gasteiger partial charge on any atom is -0.454 e. The van der Waals surface area contributed by atoms with E-state index in [2.05, 4.69) is 0 Å². The van der Waals surface area contributed by atoms with Crippen LogP contribution in [0, 0.1) is 0 Å². The first-order valence-corrected chi connectivity index (χ1v) is 4.63. The lowest BCUT2D eigenvalue weighted by Crippen LogP contribution is -1.79. The van der Waals surface area contributed by atoms with Crippen LogP contribution < -0.4 is 0 Å². The van der Waals surface area contributed by atoms with E-state index in [-0.39, 0.29) is 0 Å². The number of ether oxygens (including phenoxy) is 2. The number of rotatable bonds is 1. The molecule has 2 heteroatoms. The molecule has 1 aliphatic rings. The van der Waals surface area contributed by atoms with E-state index in [1.807, 2.05) is 52.0 Å². The Kier molecular flexibility index (Phi) is 6.79. The molecule has 2 nitrogen and oxygen atoms in total. The van der Waals surface area contributed by atoms with Gasteiger partial charge < -0.3 is 9.47 Å². The van der Waals surface area contributed by atoms with Gasteiger partial charge in [-0.05, 0) is 26.0 Å². The summed E-state index contributed by atoms with van der Waals surface area (Å²) in [6, 6.07) is 0. The predicted molar refractivity (Wildman–Crippen MR) is 55.0 cm³/mol. The molecule has 0 atom stereocenters. The maximum atomic E-state index is 5.18. The average Bonchev–Trinajstić information content (AvgIpc) is 2.65. The van der Waals surface area contributed by atoms with Crippen molar-refractivity contribution in [2.75, 3.05) is 6.79 Å². The van der Waals surface area contributed by atoms with Crippen molar-refractivity contribution in [3.63, 3.8) is 0 Å². The molecular formula is C11H18O2. The van der Waals surface area contributed by atoms with Crippen LogP contribution in [0.25, 0.3) is 0 Å². The zero-order chi connectivity index (χ0) is 10.1. The smallest absolute Gasteiger partial charge is 0.231 e. The van der Waals surface area contributed by atoms with Crippen molar-refractivity contribution in [3.8, 4) is 0 Å². The summed E-state index contributed by atoms with van der Waals surface area (Å²) in [5, 5.41) is 0. The minimum atomic E-state index is 0.336. The molecule has 1 heterocycles. The molecule has 13 heavy (non-hydrogen) atoms. The highest BCUT2D eigenvalue weighted by Gasteiger charge is 2.13. The molecule has 0 saturated carbocycles. The maximum Gasteiger partial charge on any atom is 0.231 e. The van der Waals surface area contributed by atoms with Crippen molar-refractivity contribution in [2.24, 2.45) is 0 Å². The van der Waals surface area contributed by atoms with Gasteiger partial charge >= 0.3 is 0 Å². The lowest BCUT2D eigenvalue weighted by atomic mass is 10.3. The Bertz CT molecular complexity index is 212. The van der Waals surface area contributed by atoms with Gasteiger partial charge in [-0.3, -0.25) is 0 Å². The fourth-order valence-electron chi connectivity index (χ4n) is 0.838. The Labute approximate surface area is 80.5 Å². The van der Waals surface area contributed by atoms with E-state index in [9.17, 15) is 0 Å². The van der Waals surface area contributed by atoms with Crippen molar-refractivity contribution >= 4 is 0 Å². The molecule has 0 aromatic rings. The Morgan fingerprint density at radius 2 is 1.69 bits per heavy atom. The van der Waals surface area contributed by atoms with Crippen LogP contribution in [0.1, 0.15) is 27.7 Å². The highest BCUT2D eigenvalue weighted by atomic mass is 16.7. The van der Waals surface area contributed by atoms with E-state index >= 15 is 0 Å². The van der Waals surface area contributed by atoms with Crippen molar-refractivity contribution in [2.45, 2.75) is 27.7 Å². The summed E-state index contributed by atoms with van der Waals surface area (Å²) in [6.45, 7) is 8.22. The monoisotopic (exact) mass is 182 g/mol. The molecule has 0 radical (unpaired) electrons. The number of hydrogen-bond acceptors (Lipinski definition) is 2. The molecule has 0 aliphatic carbocycles. The van der Waals surface area contributed by atoms with Crippen LogP contribution in [0.15, 0.2) is 35.8 Å². The van der Waals surface area contributed by atoms with Gasteiger partial charge in [-0.15, -0.1) is 0 Å². The summed E-state index contributed by atoms with van der Waals surface area (Å²) < 4.78 is 10.3. The van der Waals surface area contributed by atoms with Crippen LogP contribution in [0.4, 0.5) is 0 Å². The topological polar surface area (TPSA) is 18.5 Å². The van der Waals surface area contributed by atoms with Crippen molar-refractivity contribution < 1.29 is 9.47 Å². The van der Waals surface area contributed by atoms with Crippen molar-refractivity contribution in [3.05, 3.63) is 35.8 Å². The molecule has 0 N–H and O–H groups in total. The fraction of sp³-hybridized carbons (Fsp3) is 0.455. The Hall–Kier alpha value is -1.18. The van der Waals surface area contributed by atoms with Gasteiger partial charge in [0.05, 0.1) is 0 Å². The van der Waals surface area contributed by atoms with Crippen LogP contribution in [-0.2, 0) is 9.47 Å². The minimum absolute atomic E-state index is 0.336. The first-order valence-electron chi connectivity index (χ1n) is 4.63. The Morgan fingerprint density at radius 1 is 1.08 bits per heavy atom. The molecule has 0 aromatic carbocycles. The van der Waals surface area contributed by atoms with Crippen LogP contribution in [0.3, 0.4) is 0 Å². The van der Waals surface area contributed by atoms with Gasteiger partial charge in [-0.1, -0.05) is 26.0 Å². The molecule has 1 saturated heterocycles. The van der Waals surface area contributed by atoms with Crippen LogP contribution >= 0.6 is 0 Å². The Morgan fingerprint density at radius 3 is 2.23 bits per heavy atom. The summed E-state index contributed by atoms with van der Waals surface area (Å²) >= 11 is 0. The van der Waals surface area contributed by atoms with E-state index in [1.165, 1.54) is 0 Å². The molecule has 0 aromatic heterocycles. The molecule has 1 aliphatic heterocycles. The van der Waals surface area contributed by atoms with E-state index in [0.29, 0.717) is 6.79 Å². The SMILES string of the molecule is CC.C\C=C/C=C1/OCO/C1=C/C. The first-order chi connectivity index (χ1) is 6.38. The standard InChI is InChI=1S/C9H12O2.C2H6/c1-3-5-6-9-8(4-2)10-7-11-9;1-2/h3-6H,7H2,1-2H3;1-2H3/b5-3-,8-4+,9-6+;. The van der Waals surface area contributed by atoms with Gasteiger partial charge in [0, 0.05) is 0 Å². The summed E-state index contributed by atoms with van der Waals surface area (Å²) in [6.07, 6.45) is 7.65. The lowest BCUT2D eigenvalue weighted by Gasteiger charge is -1.91. The van der Waals surface area contributed by atoms with Gasteiger partial charge in [-0.2, -0.15) is 0 Å². The molecule has 1 rings (SSSR count). The average molecular weight is 182 g/mol. The van der Waals surface area contributed by atoms with Crippen LogP contribution in [0.5, 0.6) is 0 Å². The molecule has 0 bridgehead atoms. The van der Waals surface area contributed by atoms with Crippen LogP contribution in [-0.4, -0.2) is 6.79 Å². The second kappa shape index (κ2) is 7.47. The third kappa shape index (κ3) is 3.83. The summed E-state index contributed by atoms with van der Waals surface area (Å²) in [7, 11) is 0. The third-order valence-corrected chi connectivity index (χ3v) is 1.37. The van der Waals surface area contributed by atoms with E-state index in [1.54, 1.807) is 0 Å². The zero-order valence-corrected chi connectivity index (χ0v) is 8.83. The van der Waals surface area contributed by atoms with Gasteiger partial charge in [0.15, 0.2) is 11.5 Å². The van der Waals surface area contributed by atoms with Crippen molar-refractivity contribution in [1.29, 1.82) is 0 Å². The van der Waals surface area contributed by atoms with Crippen molar-refractivity contribution in [1.82, 2.24) is 0 Å². The molecule has 0 unspecified atom stereocenters. The number of allylic oxidation sites excluding steroid dienone is 4. The normalized spacial score (nSPS) is 21.2. The van der Waals surface area contributed by atoms with E-state index in [4.69, 9.17) is 9.47 Å². The van der Waals surface area contributed by atoms with Gasteiger partial charge in [-0.25, -0.2) is 0 Å². The largest absolute Gasteiger partial charge is 0.454 e. The molecular weight excluding hydrogens is 164 g/mol. The Balaban J connectivity index is 0.000000671. The highest BCUT2D eigenvalue weighted by molar-refractivity contribution is 5.25. The summed E-state index contributed by atoms with van der Waals surface area (Å²) in [5.41, 5.74) is 0. The van der Waals surface area contributed by atoms with Gasteiger partial charge in [0.2, 0.25) is 6.79 Å². The number of hydrogen-bond donors (Lipinski definition) is 0. The summed E-state index contributed by atoms with van der Waals surface area (Å²) in [5.74, 6) is 1.63. The second-order valence-electron chi connectivity index (χ2n) is 2.12. The lowest BCUT2D eigenvalue weighted by molar-refractivity contribution is 0.0976. The van der Waals surface area contributed by atoms with E-state index < -0.39 is 0 Å². The van der Waals surface area contributed by atoms with E-state index in [0.717, 1.165) is 11.5 Å². The third-order valence-electron chi connectivity index (χ3n) is 1.37. The summed E-state index contributed by atoms with van der Waals surface area (Å²) in [4.78, 5) is 0. The molecule has 0 spiro atoms. The molecule has 74 valence electrons. The first kappa shape index (κ1) is 11.8. The van der Waals surface area contributed by atoms with Gasteiger partial charge in [0.1, 0.15) is 0 Å². The van der Waals surface area contributed by atoms with Gasteiger partial charge in [0.25, 0.3) is 0 Å². The fourth-order valence-corrected chi connectivity index (χ4v) is 0.838. The predicted octanol–water partition coefficient (Wildman–Crippen LogP) is 3.38.